The third-order valence-corrected chi connectivity index (χ3v) is 4.89. The van der Waals surface area contributed by atoms with Crippen LogP contribution in [-0.2, 0) is 10.0 Å². The van der Waals surface area contributed by atoms with Crippen LogP contribution in [0.1, 0.15) is 5.56 Å². The van der Waals surface area contributed by atoms with Gasteiger partial charge in [0.1, 0.15) is 5.75 Å². The minimum Gasteiger partial charge on any atom is -0.506 e. The number of phenols is 1. The Kier molecular flexibility index (Phi) is 4.13. The molecule has 0 aliphatic carbocycles. The minimum absolute atomic E-state index is 0.00940. The molecule has 2 aromatic rings. The molecule has 0 saturated carbocycles. The Bertz CT molecular complexity index is 760. The van der Waals surface area contributed by atoms with Crippen molar-refractivity contribution in [1.29, 1.82) is 0 Å². The number of phenolic OH excluding ortho intramolecular Hbond substituents is 1. The van der Waals surface area contributed by atoms with E-state index >= 15 is 0 Å². The molecule has 0 aliphatic heterocycles. The summed E-state index contributed by atoms with van der Waals surface area (Å²) in [7, 11) is -3.86. The molecule has 0 radical (unpaired) electrons. The van der Waals surface area contributed by atoms with Gasteiger partial charge in [0.2, 0.25) is 0 Å². The van der Waals surface area contributed by atoms with Crippen molar-refractivity contribution in [2.75, 3.05) is 4.72 Å². The molecule has 2 N–H and O–H groups in total. The number of sulfonamides is 1. The van der Waals surface area contributed by atoms with E-state index in [1.807, 2.05) is 0 Å². The zero-order chi connectivity index (χ0) is 14.9. The fourth-order valence-electron chi connectivity index (χ4n) is 1.68. The number of halogens is 2. The maximum absolute atomic E-state index is 12.3. The van der Waals surface area contributed by atoms with E-state index in [0.717, 1.165) is 0 Å². The average Bonchev–Trinajstić information content (AvgIpc) is 2.36. The number of rotatable bonds is 3. The molecule has 0 spiro atoms. The van der Waals surface area contributed by atoms with Crippen molar-refractivity contribution in [2.24, 2.45) is 0 Å². The van der Waals surface area contributed by atoms with E-state index in [1.165, 1.54) is 24.3 Å². The summed E-state index contributed by atoms with van der Waals surface area (Å²) >= 11 is 11.7. The minimum atomic E-state index is -3.86. The molecule has 0 heterocycles. The molecule has 0 fully saturated rings. The number of aryl methyl sites for hydroxylation is 1. The average molecular weight is 332 g/mol. The van der Waals surface area contributed by atoms with Crippen LogP contribution in [0.15, 0.2) is 41.3 Å². The van der Waals surface area contributed by atoms with Crippen molar-refractivity contribution in [3.63, 3.8) is 0 Å². The van der Waals surface area contributed by atoms with E-state index in [-0.39, 0.29) is 26.4 Å². The Morgan fingerprint density at radius 3 is 2.35 bits per heavy atom. The van der Waals surface area contributed by atoms with E-state index in [0.29, 0.717) is 5.56 Å². The smallest absolute Gasteiger partial charge is 0.262 e. The molecule has 0 aromatic heterocycles. The van der Waals surface area contributed by atoms with Crippen LogP contribution in [0, 0.1) is 6.92 Å². The van der Waals surface area contributed by atoms with Crippen LogP contribution in [0.5, 0.6) is 5.75 Å². The molecule has 20 heavy (non-hydrogen) atoms. The van der Waals surface area contributed by atoms with Gasteiger partial charge in [0.25, 0.3) is 10.0 Å². The lowest BCUT2D eigenvalue weighted by atomic mass is 10.2. The first-order valence-corrected chi connectivity index (χ1v) is 7.81. The van der Waals surface area contributed by atoms with Gasteiger partial charge in [-0.05, 0) is 36.8 Å². The molecule has 0 unspecified atom stereocenters. The molecule has 2 aromatic carbocycles. The van der Waals surface area contributed by atoms with Gasteiger partial charge >= 0.3 is 0 Å². The quantitative estimate of drug-likeness (QED) is 0.840. The second-order valence-corrected chi connectivity index (χ2v) is 6.62. The van der Waals surface area contributed by atoms with E-state index in [1.54, 1.807) is 19.1 Å². The Hall–Kier alpha value is -1.43. The van der Waals surface area contributed by atoms with Gasteiger partial charge in [0, 0.05) is 0 Å². The van der Waals surface area contributed by atoms with Crippen LogP contribution in [0.4, 0.5) is 5.69 Å². The van der Waals surface area contributed by atoms with Crippen LogP contribution in [0.2, 0.25) is 10.0 Å². The second kappa shape index (κ2) is 5.52. The number of nitrogens with one attached hydrogen (secondary N) is 1. The molecule has 4 nitrogen and oxygen atoms in total. The summed E-state index contributed by atoms with van der Waals surface area (Å²) in [6.07, 6.45) is 0. The molecular weight excluding hydrogens is 321 g/mol. The van der Waals surface area contributed by atoms with Crippen LogP contribution in [-0.4, -0.2) is 13.5 Å². The highest BCUT2D eigenvalue weighted by atomic mass is 35.5. The van der Waals surface area contributed by atoms with Crippen molar-refractivity contribution < 1.29 is 13.5 Å². The van der Waals surface area contributed by atoms with Gasteiger partial charge in [-0.15, -0.1) is 0 Å². The Morgan fingerprint density at radius 2 is 1.70 bits per heavy atom. The highest BCUT2D eigenvalue weighted by molar-refractivity contribution is 7.92. The Labute approximate surface area is 127 Å². The third kappa shape index (κ3) is 3.00. The SMILES string of the molecule is Cc1cc(Cl)c(Cl)cc1S(=O)(=O)Nc1ccccc1O. The summed E-state index contributed by atoms with van der Waals surface area (Å²) in [4.78, 5) is 0.00940. The fourth-order valence-corrected chi connectivity index (χ4v) is 3.45. The van der Waals surface area contributed by atoms with E-state index in [2.05, 4.69) is 4.72 Å². The topological polar surface area (TPSA) is 66.4 Å². The van der Waals surface area contributed by atoms with Crippen LogP contribution >= 0.6 is 23.2 Å². The van der Waals surface area contributed by atoms with Crippen molar-refractivity contribution in [3.8, 4) is 5.75 Å². The van der Waals surface area contributed by atoms with Gasteiger partial charge in [0.15, 0.2) is 0 Å². The predicted molar refractivity (Wildman–Crippen MR) is 80.1 cm³/mol. The number of hydrogen-bond donors (Lipinski definition) is 2. The lowest BCUT2D eigenvalue weighted by Crippen LogP contribution is -2.14. The summed E-state index contributed by atoms with van der Waals surface area (Å²) in [5.41, 5.74) is 0.556. The van der Waals surface area contributed by atoms with Crippen LogP contribution in [0.25, 0.3) is 0 Å². The van der Waals surface area contributed by atoms with Crippen LogP contribution < -0.4 is 4.72 Å². The molecule has 0 saturated heterocycles. The predicted octanol–water partition coefficient (Wildman–Crippen LogP) is 3.81. The summed E-state index contributed by atoms with van der Waals surface area (Å²) in [5.74, 6) is -0.159. The fraction of sp³-hybridized carbons (Fsp3) is 0.0769. The van der Waals surface area contributed by atoms with Crippen molar-refractivity contribution in [3.05, 3.63) is 52.0 Å². The number of hydrogen-bond acceptors (Lipinski definition) is 3. The molecule has 106 valence electrons. The molecule has 2 rings (SSSR count). The molecular formula is C13H11Cl2NO3S. The van der Waals surface area contributed by atoms with Gasteiger partial charge in [-0.3, -0.25) is 4.72 Å². The van der Waals surface area contributed by atoms with Crippen molar-refractivity contribution >= 4 is 38.9 Å². The van der Waals surface area contributed by atoms with Gasteiger partial charge in [-0.1, -0.05) is 35.3 Å². The first-order chi connectivity index (χ1) is 9.31. The summed E-state index contributed by atoms with van der Waals surface area (Å²) < 4.78 is 26.9. The number of aromatic hydroxyl groups is 1. The molecule has 7 heteroatoms. The lowest BCUT2D eigenvalue weighted by molar-refractivity contribution is 0.477. The first-order valence-electron chi connectivity index (χ1n) is 5.58. The first kappa shape index (κ1) is 15.0. The number of para-hydroxylation sites is 2. The maximum atomic E-state index is 12.3. The molecule has 0 aliphatic rings. The largest absolute Gasteiger partial charge is 0.506 e. The zero-order valence-electron chi connectivity index (χ0n) is 10.4. The molecule has 0 bridgehead atoms. The Balaban J connectivity index is 2.47. The highest BCUT2D eigenvalue weighted by Crippen LogP contribution is 2.30. The van der Waals surface area contributed by atoms with Gasteiger partial charge in [0.05, 0.1) is 20.6 Å². The summed E-state index contributed by atoms with van der Waals surface area (Å²) in [6.45, 7) is 1.61. The van der Waals surface area contributed by atoms with Gasteiger partial charge in [-0.25, -0.2) is 8.42 Å². The molecule has 0 atom stereocenters. The second-order valence-electron chi connectivity index (χ2n) is 4.15. The Morgan fingerprint density at radius 1 is 1.10 bits per heavy atom. The van der Waals surface area contributed by atoms with Crippen molar-refractivity contribution in [2.45, 2.75) is 11.8 Å². The van der Waals surface area contributed by atoms with Crippen molar-refractivity contribution in [1.82, 2.24) is 0 Å². The van der Waals surface area contributed by atoms with Gasteiger partial charge < -0.3 is 5.11 Å². The van der Waals surface area contributed by atoms with E-state index in [9.17, 15) is 13.5 Å². The molecule has 0 amide bonds. The number of benzene rings is 2. The summed E-state index contributed by atoms with van der Waals surface area (Å²) in [5, 5.41) is 10.0. The number of anilines is 1. The van der Waals surface area contributed by atoms with Crippen LogP contribution in [0.3, 0.4) is 0 Å². The third-order valence-electron chi connectivity index (χ3n) is 2.66. The standard InChI is InChI=1S/C13H11Cl2NO3S/c1-8-6-9(14)10(15)7-13(8)20(18,19)16-11-4-2-3-5-12(11)17/h2-7,16-17H,1H3. The van der Waals surface area contributed by atoms with Gasteiger partial charge in [-0.2, -0.15) is 0 Å². The normalized spacial score (nSPS) is 11.3. The highest BCUT2D eigenvalue weighted by Gasteiger charge is 2.20. The lowest BCUT2D eigenvalue weighted by Gasteiger charge is -2.12. The maximum Gasteiger partial charge on any atom is 0.262 e. The summed E-state index contributed by atoms with van der Waals surface area (Å²) in [6, 6.07) is 8.81. The van der Waals surface area contributed by atoms with E-state index in [4.69, 9.17) is 23.2 Å². The zero-order valence-corrected chi connectivity index (χ0v) is 12.7. The van der Waals surface area contributed by atoms with E-state index < -0.39 is 10.0 Å². The monoisotopic (exact) mass is 331 g/mol.